The molecule has 0 aromatic carbocycles. The monoisotopic (exact) mass is 223 g/mol. The summed E-state index contributed by atoms with van der Waals surface area (Å²) in [6, 6.07) is 3.43. The van der Waals surface area contributed by atoms with Crippen LogP contribution in [0, 0.1) is 0 Å². The SMILES string of the molecule is CC(O)CNc1ccc(C(=O)N(C)C)cn1. The van der Waals surface area contributed by atoms with E-state index in [1.54, 1.807) is 33.2 Å². The van der Waals surface area contributed by atoms with Gasteiger partial charge in [0.2, 0.25) is 0 Å². The fraction of sp³-hybridized carbons (Fsp3) is 0.455. The number of pyridine rings is 1. The Morgan fingerprint density at radius 2 is 2.25 bits per heavy atom. The minimum Gasteiger partial charge on any atom is -0.392 e. The van der Waals surface area contributed by atoms with Crippen LogP contribution in [0.5, 0.6) is 0 Å². The minimum absolute atomic E-state index is 0.0745. The maximum absolute atomic E-state index is 11.5. The molecule has 0 saturated heterocycles. The Balaban J connectivity index is 2.64. The quantitative estimate of drug-likeness (QED) is 0.783. The standard InChI is InChI=1S/C11H17N3O2/c1-8(15)6-12-10-5-4-9(7-13-10)11(16)14(2)3/h4-5,7-8,15H,6H2,1-3H3,(H,12,13). The first-order valence-electron chi connectivity index (χ1n) is 5.10. The summed E-state index contributed by atoms with van der Waals surface area (Å²) in [7, 11) is 3.39. The highest BCUT2D eigenvalue weighted by molar-refractivity contribution is 5.93. The highest BCUT2D eigenvalue weighted by atomic mass is 16.3. The largest absolute Gasteiger partial charge is 0.392 e. The molecule has 1 aromatic rings. The average Bonchev–Trinajstić information content (AvgIpc) is 2.26. The van der Waals surface area contributed by atoms with E-state index in [0.29, 0.717) is 17.9 Å². The summed E-state index contributed by atoms with van der Waals surface area (Å²) in [6.07, 6.45) is 1.09. The fourth-order valence-corrected chi connectivity index (χ4v) is 1.14. The van der Waals surface area contributed by atoms with Crippen LogP contribution in [-0.2, 0) is 0 Å². The van der Waals surface area contributed by atoms with Gasteiger partial charge in [0.25, 0.3) is 5.91 Å². The van der Waals surface area contributed by atoms with Crippen LogP contribution in [-0.4, -0.2) is 47.6 Å². The number of nitrogens with one attached hydrogen (secondary N) is 1. The Morgan fingerprint density at radius 1 is 1.56 bits per heavy atom. The molecule has 2 N–H and O–H groups in total. The lowest BCUT2D eigenvalue weighted by molar-refractivity contribution is 0.0827. The normalized spacial score (nSPS) is 12.0. The van der Waals surface area contributed by atoms with Crippen LogP contribution in [0.1, 0.15) is 17.3 Å². The van der Waals surface area contributed by atoms with Gasteiger partial charge in [-0.1, -0.05) is 0 Å². The molecular weight excluding hydrogens is 206 g/mol. The van der Waals surface area contributed by atoms with Gasteiger partial charge >= 0.3 is 0 Å². The second kappa shape index (κ2) is 5.46. The number of carbonyl (C=O) groups is 1. The molecule has 0 aliphatic carbocycles. The lowest BCUT2D eigenvalue weighted by Crippen LogP contribution is -2.22. The van der Waals surface area contributed by atoms with Crippen molar-refractivity contribution in [1.82, 2.24) is 9.88 Å². The number of anilines is 1. The fourth-order valence-electron chi connectivity index (χ4n) is 1.14. The van der Waals surface area contributed by atoms with Crippen LogP contribution >= 0.6 is 0 Å². The summed E-state index contributed by atoms with van der Waals surface area (Å²) in [5.41, 5.74) is 0.549. The first kappa shape index (κ1) is 12.4. The number of aromatic nitrogens is 1. The first-order valence-corrected chi connectivity index (χ1v) is 5.10. The van der Waals surface area contributed by atoms with Crippen LogP contribution in [0.4, 0.5) is 5.82 Å². The zero-order chi connectivity index (χ0) is 12.1. The van der Waals surface area contributed by atoms with E-state index in [-0.39, 0.29) is 5.91 Å². The number of aliphatic hydroxyl groups is 1. The van der Waals surface area contributed by atoms with Gasteiger partial charge in [0.15, 0.2) is 0 Å². The molecule has 1 unspecified atom stereocenters. The lowest BCUT2D eigenvalue weighted by atomic mass is 10.2. The molecule has 0 saturated carbocycles. The Bertz CT molecular complexity index is 347. The van der Waals surface area contributed by atoms with E-state index >= 15 is 0 Å². The maximum Gasteiger partial charge on any atom is 0.254 e. The molecule has 1 heterocycles. The van der Waals surface area contributed by atoms with E-state index in [2.05, 4.69) is 10.3 Å². The molecule has 5 heteroatoms. The van der Waals surface area contributed by atoms with Gasteiger partial charge in [-0.15, -0.1) is 0 Å². The van der Waals surface area contributed by atoms with Crippen molar-refractivity contribution in [3.8, 4) is 0 Å². The second-order valence-corrected chi connectivity index (χ2v) is 3.86. The molecule has 0 aliphatic heterocycles. The number of aliphatic hydroxyl groups excluding tert-OH is 1. The first-order chi connectivity index (χ1) is 7.50. The van der Waals surface area contributed by atoms with Gasteiger partial charge in [-0.2, -0.15) is 0 Å². The van der Waals surface area contributed by atoms with Gasteiger partial charge in [0.05, 0.1) is 11.7 Å². The maximum atomic E-state index is 11.5. The third-order valence-corrected chi connectivity index (χ3v) is 2.00. The molecule has 1 rings (SSSR count). The molecular formula is C11H17N3O2. The van der Waals surface area contributed by atoms with Gasteiger partial charge in [0, 0.05) is 26.8 Å². The Morgan fingerprint density at radius 3 is 2.69 bits per heavy atom. The number of amides is 1. The van der Waals surface area contributed by atoms with Crippen molar-refractivity contribution in [3.05, 3.63) is 23.9 Å². The van der Waals surface area contributed by atoms with E-state index in [1.165, 1.54) is 11.1 Å². The van der Waals surface area contributed by atoms with Crippen molar-refractivity contribution in [3.63, 3.8) is 0 Å². The van der Waals surface area contributed by atoms with Gasteiger partial charge < -0.3 is 15.3 Å². The van der Waals surface area contributed by atoms with E-state index in [1.807, 2.05) is 0 Å². The number of rotatable bonds is 4. The van der Waals surface area contributed by atoms with E-state index in [0.717, 1.165) is 0 Å². The van der Waals surface area contributed by atoms with Crippen LogP contribution in [0.25, 0.3) is 0 Å². The summed E-state index contributed by atoms with van der Waals surface area (Å²) < 4.78 is 0. The molecule has 16 heavy (non-hydrogen) atoms. The zero-order valence-electron chi connectivity index (χ0n) is 9.77. The summed E-state index contributed by atoms with van der Waals surface area (Å²) in [5.74, 6) is 0.575. The third kappa shape index (κ3) is 3.51. The topological polar surface area (TPSA) is 65.5 Å². The predicted octanol–water partition coefficient (Wildman–Crippen LogP) is 0.576. The van der Waals surface area contributed by atoms with E-state index < -0.39 is 6.10 Å². The Hall–Kier alpha value is -1.62. The molecule has 0 bridgehead atoms. The molecule has 1 atom stereocenters. The molecule has 0 fully saturated rings. The van der Waals surface area contributed by atoms with Crippen molar-refractivity contribution in [2.75, 3.05) is 26.0 Å². The highest BCUT2D eigenvalue weighted by Crippen LogP contribution is 2.06. The van der Waals surface area contributed by atoms with Crippen molar-refractivity contribution in [2.45, 2.75) is 13.0 Å². The summed E-state index contributed by atoms with van der Waals surface area (Å²) in [4.78, 5) is 17.1. The Kier molecular flexibility index (Phi) is 4.25. The molecule has 0 radical (unpaired) electrons. The summed E-state index contributed by atoms with van der Waals surface area (Å²) in [6.45, 7) is 2.13. The van der Waals surface area contributed by atoms with Crippen LogP contribution < -0.4 is 5.32 Å². The van der Waals surface area contributed by atoms with Gasteiger partial charge in [-0.05, 0) is 19.1 Å². The molecule has 5 nitrogen and oxygen atoms in total. The number of carbonyl (C=O) groups excluding carboxylic acids is 1. The van der Waals surface area contributed by atoms with Crippen molar-refractivity contribution in [1.29, 1.82) is 0 Å². The second-order valence-electron chi connectivity index (χ2n) is 3.86. The third-order valence-electron chi connectivity index (χ3n) is 2.00. The number of nitrogens with zero attached hydrogens (tertiary/aromatic N) is 2. The predicted molar refractivity (Wildman–Crippen MR) is 62.4 cm³/mol. The van der Waals surface area contributed by atoms with Crippen LogP contribution in [0.3, 0.4) is 0 Å². The minimum atomic E-state index is -0.426. The van der Waals surface area contributed by atoms with Crippen molar-refractivity contribution >= 4 is 11.7 Å². The van der Waals surface area contributed by atoms with Crippen LogP contribution in [0.2, 0.25) is 0 Å². The number of hydrogen-bond acceptors (Lipinski definition) is 4. The molecule has 1 aromatic heterocycles. The summed E-state index contributed by atoms with van der Waals surface area (Å²) in [5, 5.41) is 12.0. The van der Waals surface area contributed by atoms with E-state index in [4.69, 9.17) is 5.11 Å². The molecule has 0 aliphatic rings. The highest BCUT2D eigenvalue weighted by Gasteiger charge is 2.07. The van der Waals surface area contributed by atoms with E-state index in [9.17, 15) is 4.79 Å². The molecule has 1 amide bonds. The average molecular weight is 223 g/mol. The van der Waals surface area contributed by atoms with Crippen LogP contribution in [0.15, 0.2) is 18.3 Å². The lowest BCUT2D eigenvalue weighted by Gasteiger charge is -2.11. The van der Waals surface area contributed by atoms with Gasteiger partial charge in [0.1, 0.15) is 5.82 Å². The Labute approximate surface area is 95.1 Å². The zero-order valence-corrected chi connectivity index (χ0v) is 9.77. The van der Waals surface area contributed by atoms with Crippen molar-refractivity contribution < 1.29 is 9.90 Å². The van der Waals surface area contributed by atoms with Gasteiger partial charge in [-0.3, -0.25) is 4.79 Å². The summed E-state index contributed by atoms with van der Waals surface area (Å²) >= 11 is 0. The van der Waals surface area contributed by atoms with Gasteiger partial charge in [-0.25, -0.2) is 4.98 Å². The smallest absolute Gasteiger partial charge is 0.254 e. The molecule has 88 valence electrons. The molecule has 0 spiro atoms. The van der Waals surface area contributed by atoms with Crippen molar-refractivity contribution in [2.24, 2.45) is 0 Å². The number of hydrogen-bond donors (Lipinski definition) is 2.